The van der Waals surface area contributed by atoms with Crippen LogP contribution in [0.2, 0.25) is 0 Å². The first-order valence-electron chi connectivity index (χ1n) is 5.54. The molecule has 94 valence electrons. The number of rotatable bonds is 7. The van der Waals surface area contributed by atoms with Gasteiger partial charge in [-0.05, 0) is 37.0 Å². The molecule has 1 rings (SSSR count). The Hall–Kier alpha value is -1.42. The topological polar surface area (TPSA) is 35.2 Å². The van der Waals surface area contributed by atoms with Crippen molar-refractivity contribution in [2.75, 3.05) is 0 Å². The van der Waals surface area contributed by atoms with Gasteiger partial charge in [0.1, 0.15) is 5.75 Å². The molecule has 0 amide bonds. The average molecular weight is 241 g/mol. The van der Waals surface area contributed by atoms with Crippen LogP contribution < -0.4 is 10.5 Å². The van der Waals surface area contributed by atoms with E-state index in [1.54, 1.807) is 12.1 Å². The zero-order valence-electron chi connectivity index (χ0n) is 9.61. The Morgan fingerprint density at radius 2 is 1.94 bits per heavy atom. The quantitative estimate of drug-likeness (QED) is 0.584. The molecule has 0 heterocycles. The van der Waals surface area contributed by atoms with E-state index in [2.05, 4.69) is 11.3 Å². The lowest BCUT2D eigenvalue weighted by Gasteiger charge is -2.12. The van der Waals surface area contributed by atoms with E-state index in [1.165, 1.54) is 12.1 Å². The van der Waals surface area contributed by atoms with Crippen molar-refractivity contribution >= 4 is 0 Å². The summed E-state index contributed by atoms with van der Waals surface area (Å²) < 4.78 is 28.1. The molecule has 0 aliphatic heterocycles. The van der Waals surface area contributed by atoms with E-state index in [-0.39, 0.29) is 11.8 Å². The molecule has 4 heteroatoms. The van der Waals surface area contributed by atoms with Crippen LogP contribution in [0.3, 0.4) is 0 Å². The van der Waals surface area contributed by atoms with Gasteiger partial charge in [0.05, 0.1) is 0 Å². The van der Waals surface area contributed by atoms with Crippen LogP contribution in [0.5, 0.6) is 5.75 Å². The maximum absolute atomic E-state index is 11.9. The highest BCUT2D eigenvalue weighted by atomic mass is 19.3. The van der Waals surface area contributed by atoms with Crippen molar-refractivity contribution in [2.45, 2.75) is 31.9 Å². The standard InChI is InChI=1S/C13H17F2NO/c1-2-3-4-5-12(16)10-6-8-11(9-7-10)17-13(14)15/h2,6-9,12-13H,1,3-5,16H2. The zero-order valence-corrected chi connectivity index (χ0v) is 9.61. The molecule has 1 aromatic rings. The van der Waals surface area contributed by atoms with Crippen molar-refractivity contribution in [1.82, 2.24) is 0 Å². The molecule has 0 aliphatic carbocycles. The van der Waals surface area contributed by atoms with E-state index in [9.17, 15) is 8.78 Å². The molecular formula is C13H17F2NO. The molecule has 17 heavy (non-hydrogen) atoms. The van der Waals surface area contributed by atoms with Crippen LogP contribution in [0.4, 0.5) is 8.78 Å². The highest BCUT2D eigenvalue weighted by molar-refractivity contribution is 5.29. The lowest BCUT2D eigenvalue weighted by atomic mass is 10.0. The van der Waals surface area contributed by atoms with Gasteiger partial charge < -0.3 is 10.5 Å². The first-order chi connectivity index (χ1) is 8.13. The van der Waals surface area contributed by atoms with Gasteiger partial charge in [0.2, 0.25) is 0 Å². The lowest BCUT2D eigenvalue weighted by Crippen LogP contribution is -2.10. The fourth-order valence-electron chi connectivity index (χ4n) is 1.55. The summed E-state index contributed by atoms with van der Waals surface area (Å²) in [4.78, 5) is 0. The highest BCUT2D eigenvalue weighted by Gasteiger charge is 2.07. The Bertz CT molecular complexity index is 338. The van der Waals surface area contributed by atoms with E-state index in [0.29, 0.717) is 0 Å². The number of unbranched alkanes of at least 4 members (excludes halogenated alkanes) is 1. The van der Waals surface area contributed by atoms with Gasteiger partial charge in [-0.1, -0.05) is 18.2 Å². The van der Waals surface area contributed by atoms with Crippen LogP contribution in [0.25, 0.3) is 0 Å². The second kappa shape index (κ2) is 7.01. The Labute approximate surface area is 100 Å². The third kappa shape index (κ3) is 4.95. The predicted molar refractivity (Wildman–Crippen MR) is 64.1 cm³/mol. The number of nitrogens with two attached hydrogens (primary N) is 1. The molecule has 0 radical (unpaired) electrons. The first kappa shape index (κ1) is 13.6. The molecule has 0 saturated carbocycles. The van der Waals surface area contributed by atoms with Gasteiger partial charge in [-0.2, -0.15) is 8.78 Å². The fourth-order valence-corrected chi connectivity index (χ4v) is 1.55. The second-order valence-corrected chi connectivity index (χ2v) is 3.77. The van der Waals surface area contributed by atoms with Crippen molar-refractivity contribution in [3.8, 4) is 5.75 Å². The molecule has 1 aromatic carbocycles. The zero-order chi connectivity index (χ0) is 12.7. The molecule has 0 bridgehead atoms. The van der Waals surface area contributed by atoms with E-state index in [4.69, 9.17) is 5.73 Å². The fraction of sp³-hybridized carbons (Fsp3) is 0.385. The minimum atomic E-state index is -2.79. The molecule has 0 saturated heterocycles. The molecule has 1 atom stereocenters. The van der Waals surface area contributed by atoms with Crippen LogP contribution in [0, 0.1) is 0 Å². The number of allylic oxidation sites excluding steroid dienone is 1. The Morgan fingerprint density at radius 3 is 2.47 bits per heavy atom. The molecule has 2 N–H and O–H groups in total. The van der Waals surface area contributed by atoms with Gasteiger partial charge in [0.15, 0.2) is 0 Å². The number of ether oxygens (including phenoxy) is 1. The van der Waals surface area contributed by atoms with Crippen LogP contribution in [-0.4, -0.2) is 6.61 Å². The van der Waals surface area contributed by atoms with Gasteiger partial charge in [-0.3, -0.25) is 0 Å². The van der Waals surface area contributed by atoms with Gasteiger partial charge in [-0.25, -0.2) is 0 Å². The Morgan fingerprint density at radius 1 is 1.29 bits per heavy atom. The molecule has 1 unspecified atom stereocenters. The van der Waals surface area contributed by atoms with Crippen LogP contribution >= 0.6 is 0 Å². The summed E-state index contributed by atoms with van der Waals surface area (Å²) >= 11 is 0. The Balaban J connectivity index is 2.51. The third-order valence-electron chi connectivity index (χ3n) is 2.46. The Kier molecular flexibility index (Phi) is 5.63. The van der Waals surface area contributed by atoms with Gasteiger partial charge in [0.25, 0.3) is 0 Å². The first-order valence-corrected chi connectivity index (χ1v) is 5.54. The van der Waals surface area contributed by atoms with Gasteiger partial charge in [-0.15, -0.1) is 6.58 Å². The number of alkyl halides is 2. The number of hydrogen-bond donors (Lipinski definition) is 1. The van der Waals surface area contributed by atoms with E-state index in [1.807, 2.05) is 6.08 Å². The van der Waals surface area contributed by atoms with Crippen molar-refractivity contribution in [3.05, 3.63) is 42.5 Å². The van der Waals surface area contributed by atoms with Gasteiger partial charge in [0, 0.05) is 6.04 Å². The second-order valence-electron chi connectivity index (χ2n) is 3.77. The summed E-state index contributed by atoms with van der Waals surface area (Å²) in [6.45, 7) is 0.851. The van der Waals surface area contributed by atoms with Crippen LogP contribution in [0.15, 0.2) is 36.9 Å². The summed E-state index contributed by atoms with van der Waals surface area (Å²) in [5.74, 6) is 0.155. The van der Waals surface area contributed by atoms with Crippen LogP contribution in [0.1, 0.15) is 30.9 Å². The highest BCUT2D eigenvalue weighted by Crippen LogP contribution is 2.21. The van der Waals surface area contributed by atoms with Gasteiger partial charge >= 0.3 is 6.61 Å². The third-order valence-corrected chi connectivity index (χ3v) is 2.46. The van der Waals surface area contributed by atoms with Crippen LogP contribution in [-0.2, 0) is 0 Å². The normalized spacial score (nSPS) is 12.5. The summed E-state index contributed by atoms with van der Waals surface area (Å²) in [6, 6.07) is 6.38. The van der Waals surface area contributed by atoms with Crippen molar-refractivity contribution < 1.29 is 13.5 Å². The largest absolute Gasteiger partial charge is 0.435 e. The maximum Gasteiger partial charge on any atom is 0.387 e. The van der Waals surface area contributed by atoms with E-state index in [0.717, 1.165) is 24.8 Å². The molecule has 2 nitrogen and oxygen atoms in total. The summed E-state index contributed by atoms with van der Waals surface area (Å²) in [5, 5.41) is 0. The molecule has 0 fully saturated rings. The number of halogens is 2. The van der Waals surface area contributed by atoms with E-state index < -0.39 is 6.61 Å². The average Bonchev–Trinajstić information content (AvgIpc) is 2.29. The smallest absolute Gasteiger partial charge is 0.387 e. The monoisotopic (exact) mass is 241 g/mol. The minimum Gasteiger partial charge on any atom is -0.435 e. The summed E-state index contributed by atoms with van der Waals surface area (Å²) in [7, 11) is 0. The summed E-state index contributed by atoms with van der Waals surface area (Å²) in [5.41, 5.74) is 6.89. The summed E-state index contributed by atoms with van der Waals surface area (Å²) in [6.07, 6.45) is 4.60. The lowest BCUT2D eigenvalue weighted by molar-refractivity contribution is -0.0498. The predicted octanol–water partition coefficient (Wildman–Crippen LogP) is 3.64. The molecule has 0 aromatic heterocycles. The molecule has 0 aliphatic rings. The van der Waals surface area contributed by atoms with Crippen molar-refractivity contribution in [1.29, 1.82) is 0 Å². The van der Waals surface area contributed by atoms with Crippen molar-refractivity contribution in [3.63, 3.8) is 0 Å². The maximum atomic E-state index is 11.9. The number of hydrogen-bond acceptors (Lipinski definition) is 2. The minimum absolute atomic E-state index is 0.0736. The van der Waals surface area contributed by atoms with Crippen molar-refractivity contribution in [2.24, 2.45) is 5.73 Å². The SMILES string of the molecule is C=CCCCC(N)c1ccc(OC(F)F)cc1. The van der Waals surface area contributed by atoms with E-state index >= 15 is 0 Å². The number of benzene rings is 1. The molecule has 0 spiro atoms. The molecular weight excluding hydrogens is 224 g/mol.